The molecule has 2 atom stereocenters. The molecule has 0 saturated carbocycles. The van der Waals surface area contributed by atoms with Crippen LogP contribution in [0.15, 0.2) is 79.3 Å². The Hall–Kier alpha value is -3.51. The largest absolute Gasteiger partial charge is 0.351 e. The first-order chi connectivity index (χ1) is 15.5. The van der Waals surface area contributed by atoms with E-state index in [4.69, 9.17) is 12.2 Å². The number of hydrogen-bond acceptors (Lipinski definition) is 3. The molecule has 6 heteroatoms. The molecule has 4 aromatic rings. The lowest BCUT2D eigenvalue weighted by Crippen LogP contribution is -2.30. The van der Waals surface area contributed by atoms with E-state index in [0.29, 0.717) is 5.11 Å². The molecule has 4 heterocycles. The van der Waals surface area contributed by atoms with Gasteiger partial charge < -0.3 is 14.8 Å². The Morgan fingerprint density at radius 2 is 1.78 bits per heavy atom. The Morgan fingerprint density at radius 1 is 0.906 bits per heavy atom. The summed E-state index contributed by atoms with van der Waals surface area (Å²) in [6, 6.07) is 20.7. The fourth-order valence-electron chi connectivity index (χ4n) is 4.26. The number of aromatic nitrogens is 3. The highest BCUT2D eigenvalue weighted by atomic mass is 32.1. The van der Waals surface area contributed by atoms with Crippen molar-refractivity contribution in [3.8, 4) is 5.82 Å². The van der Waals surface area contributed by atoms with E-state index >= 15 is 0 Å². The fourth-order valence-corrected chi connectivity index (χ4v) is 4.60. The van der Waals surface area contributed by atoms with Crippen LogP contribution in [0.25, 0.3) is 5.82 Å². The predicted molar refractivity (Wildman–Crippen MR) is 132 cm³/mol. The third kappa shape index (κ3) is 3.56. The molecule has 0 aliphatic carbocycles. The molecule has 3 aromatic heterocycles. The Bertz CT molecular complexity index is 1260. The van der Waals surface area contributed by atoms with Gasteiger partial charge in [-0.15, -0.1) is 0 Å². The summed E-state index contributed by atoms with van der Waals surface area (Å²) in [5.74, 6) is 0.883. The van der Waals surface area contributed by atoms with Crippen LogP contribution in [-0.2, 0) is 0 Å². The van der Waals surface area contributed by atoms with Crippen LogP contribution in [0.2, 0.25) is 0 Å². The van der Waals surface area contributed by atoms with Gasteiger partial charge in [-0.25, -0.2) is 4.98 Å². The molecule has 1 aliphatic heterocycles. The summed E-state index contributed by atoms with van der Waals surface area (Å²) in [6.45, 7) is 6.31. The molecule has 0 amide bonds. The fraction of sp³-hybridized carbons (Fsp3) is 0.192. The van der Waals surface area contributed by atoms with Gasteiger partial charge in [0.1, 0.15) is 11.9 Å². The maximum absolute atomic E-state index is 5.87. The van der Waals surface area contributed by atoms with Gasteiger partial charge in [0.25, 0.3) is 0 Å². The maximum Gasteiger partial charge on any atom is 0.174 e. The van der Waals surface area contributed by atoms with E-state index in [1.54, 1.807) is 0 Å². The Labute approximate surface area is 193 Å². The number of nitrogens with one attached hydrogen (secondary N) is 1. The van der Waals surface area contributed by atoms with Gasteiger partial charge in [-0.2, -0.15) is 0 Å². The van der Waals surface area contributed by atoms with Crippen LogP contribution in [0.3, 0.4) is 0 Å². The van der Waals surface area contributed by atoms with Gasteiger partial charge in [0.2, 0.25) is 0 Å². The zero-order valence-corrected chi connectivity index (χ0v) is 19.2. The van der Waals surface area contributed by atoms with Crippen molar-refractivity contribution in [3.05, 3.63) is 107 Å². The van der Waals surface area contributed by atoms with Crippen molar-refractivity contribution in [1.29, 1.82) is 0 Å². The molecule has 1 saturated heterocycles. The van der Waals surface area contributed by atoms with Crippen molar-refractivity contribution in [1.82, 2.24) is 19.9 Å². The minimum Gasteiger partial charge on any atom is -0.351 e. The lowest BCUT2D eigenvalue weighted by molar-refractivity contribution is 0.548. The number of thiocarbonyl (C=S) groups is 1. The Kier molecular flexibility index (Phi) is 5.23. The summed E-state index contributed by atoms with van der Waals surface area (Å²) in [7, 11) is 0. The van der Waals surface area contributed by atoms with Crippen LogP contribution in [0, 0.1) is 20.8 Å². The van der Waals surface area contributed by atoms with Gasteiger partial charge in [-0.05, 0) is 92.1 Å². The minimum absolute atomic E-state index is 0.0855. The molecule has 32 heavy (non-hydrogen) atoms. The smallest absolute Gasteiger partial charge is 0.174 e. The second-order valence-electron chi connectivity index (χ2n) is 8.26. The Balaban J connectivity index is 1.67. The van der Waals surface area contributed by atoms with Crippen LogP contribution >= 0.6 is 12.2 Å². The van der Waals surface area contributed by atoms with E-state index in [0.717, 1.165) is 28.5 Å². The molecule has 0 spiro atoms. The van der Waals surface area contributed by atoms with Crippen LogP contribution < -0.4 is 10.2 Å². The molecular formula is C26H25N5S. The predicted octanol–water partition coefficient (Wildman–Crippen LogP) is 5.37. The molecule has 160 valence electrons. The minimum atomic E-state index is -0.0931. The van der Waals surface area contributed by atoms with Crippen LogP contribution in [0.4, 0.5) is 5.69 Å². The summed E-state index contributed by atoms with van der Waals surface area (Å²) in [4.78, 5) is 11.5. The van der Waals surface area contributed by atoms with Crippen molar-refractivity contribution < 1.29 is 0 Å². The number of aryl methyl sites for hydroxylation is 3. The standard InChI is InChI=1S/C26H25N5S/c1-17-9-12-23(28-16-17)30-14-6-8-22(30)25-24(21-7-4-5-13-27-21)29-26(32)31(25)20-11-10-18(2)19(3)15-20/h4-16,24-25H,1-3H3,(H,29,32)/t24-,25+/m0/s1. The third-order valence-corrected chi connectivity index (χ3v) is 6.41. The topological polar surface area (TPSA) is 46.0 Å². The van der Waals surface area contributed by atoms with Gasteiger partial charge in [-0.1, -0.05) is 18.2 Å². The number of nitrogens with zero attached hydrogens (tertiary/aromatic N) is 4. The van der Waals surface area contributed by atoms with Crippen LogP contribution in [0.5, 0.6) is 0 Å². The second-order valence-corrected chi connectivity index (χ2v) is 8.65. The summed E-state index contributed by atoms with van der Waals surface area (Å²) in [5, 5.41) is 4.23. The molecule has 1 aromatic carbocycles. The summed E-state index contributed by atoms with van der Waals surface area (Å²) in [6.07, 6.45) is 5.78. The molecule has 0 bridgehead atoms. The van der Waals surface area contributed by atoms with Gasteiger partial charge in [-0.3, -0.25) is 4.98 Å². The van der Waals surface area contributed by atoms with Crippen LogP contribution in [-0.4, -0.2) is 19.6 Å². The van der Waals surface area contributed by atoms with Crippen molar-refractivity contribution in [2.24, 2.45) is 0 Å². The highest BCUT2D eigenvalue weighted by molar-refractivity contribution is 7.80. The van der Waals surface area contributed by atoms with E-state index in [-0.39, 0.29) is 12.1 Å². The Morgan fingerprint density at radius 3 is 2.50 bits per heavy atom. The number of pyridine rings is 2. The van der Waals surface area contributed by atoms with E-state index in [2.05, 4.69) is 93.3 Å². The first kappa shape index (κ1) is 20.4. The monoisotopic (exact) mass is 439 g/mol. The molecule has 5 nitrogen and oxygen atoms in total. The first-order valence-electron chi connectivity index (χ1n) is 10.7. The molecule has 5 rings (SSSR count). The van der Waals surface area contributed by atoms with Crippen molar-refractivity contribution in [3.63, 3.8) is 0 Å². The van der Waals surface area contributed by atoms with E-state index < -0.39 is 0 Å². The number of anilines is 1. The molecule has 0 unspecified atom stereocenters. The molecule has 0 radical (unpaired) electrons. The third-order valence-electron chi connectivity index (χ3n) is 6.09. The van der Waals surface area contributed by atoms with Gasteiger partial charge in [0, 0.05) is 30.0 Å². The maximum atomic E-state index is 5.87. The van der Waals surface area contributed by atoms with E-state index in [1.165, 1.54) is 11.1 Å². The lowest BCUT2D eigenvalue weighted by Gasteiger charge is -2.29. The summed E-state index contributed by atoms with van der Waals surface area (Å²) < 4.78 is 2.14. The average molecular weight is 440 g/mol. The van der Waals surface area contributed by atoms with Gasteiger partial charge in [0.15, 0.2) is 5.11 Å². The van der Waals surface area contributed by atoms with Crippen molar-refractivity contribution in [2.75, 3.05) is 4.90 Å². The number of benzene rings is 1. The zero-order valence-electron chi connectivity index (χ0n) is 18.4. The van der Waals surface area contributed by atoms with E-state index in [9.17, 15) is 0 Å². The van der Waals surface area contributed by atoms with Gasteiger partial charge >= 0.3 is 0 Å². The van der Waals surface area contributed by atoms with E-state index in [1.807, 2.05) is 31.5 Å². The van der Waals surface area contributed by atoms with Gasteiger partial charge in [0.05, 0.1) is 11.7 Å². The highest BCUT2D eigenvalue weighted by Crippen LogP contribution is 2.42. The number of rotatable bonds is 4. The zero-order chi connectivity index (χ0) is 22.2. The molecule has 1 aliphatic rings. The number of hydrogen-bond donors (Lipinski definition) is 1. The average Bonchev–Trinajstić information content (AvgIpc) is 3.41. The second kappa shape index (κ2) is 8.20. The summed E-state index contributed by atoms with van der Waals surface area (Å²) >= 11 is 5.87. The SMILES string of the molecule is Cc1ccc(-n2cccc2[C@@H]2[C@H](c3ccccn3)NC(=S)N2c2ccc(C)c(C)c2)nc1. The highest BCUT2D eigenvalue weighted by Gasteiger charge is 2.42. The van der Waals surface area contributed by atoms with Crippen molar-refractivity contribution >= 4 is 23.0 Å². The first-order valence-corrected chi connectivity index (χ1v) is 11.1. The molecule has 1 N–H and O–H groups in total. The molecule has 1 fully saturated rings. The summed E-state index contributed by atoms with van der Waals surface area (Å²) in [5.41, 5.74) is 6.75. The van der Waals surface area contributed by atoms with Crippen molar-refractivity contribution in [2.45, 2.75) is 32.9 Å². The van der Waals surface area contributed by atoms with Crippen LogP contribution in [0.1, 0.15) is 40.2 Å². The normalized spacial score (nSPS) is 18.1. The molecular weight excluding hydrogens is 414 g/mol. The quantitative estimate of drug-likeness (QED) is 0.433. The lowest BCUT2D eigenvalue weighted by atomic mass is 10.00.